The number of aliphatic hydroxyl groups is 2. The molecule has 0 radical (unpaired) electrons. The van der Waals surface area contributed by atoms with Gasteiger partial charge >= 0.3 is 6.03 Å². The maximum Gasteiger partial charge on any atom is 0.321 e. The minimum Gasteiger partial charge on any atom is -0.501 e. The molecule has 1 aliphatic rings. The van der Waals surface area contributed by atoms with E-state index >= 15 is 0 Å². The molecule has 3 amide bonds. The molecule has 0 aromatic rings. The molecule has 0 saturated heterocycles. The number of hydrogen-bond donors (Lipinski definition) is 4. The van der Waals surface area contributed by atoms with Crippen LogP contribution in [0.5, 0.6) is 0 Å². The second kappa shape index (κ2) is 8.55. The van der Waals surface area contributed by atoms with Gasteiger partial charge in [0.1, 0.15) is 0 Å². The number of imide groups is 1. The van der Waals surface area contributed by atoms with Crippen LogP contribution < -0.4 is 10.6 Å². The first-order valence-electron chi connectivity index (χ1n) is 6.72. The Balaban J connectivity index is 2.39. The molecule has 1 rings (SSSR count). The molecule has 0 heterocycles. The van der Waals surface area contributed by atoms with E-state index < -0.39 is 11.9 Å². The number of rotatable bonds is 6. The molecular formula is C13H22N2O5. The Hall–Kier alpha value is -1.60. The highest BCUT2D eigenvalue weighted by Gasteiger charge is 2.34. The lowest BCUT2D eigenvalue weighted by molar-refractivity contribution is -0.115. The number of amides is 3. The summed E-state index contributed by atoms with van der Waals surface area (Å²) in [6, 6.07) is -0.848. The average Bonchev–Trinajstić information content (AvgIpc) is 2.81. The van der Waals surface area contributed by atoms with Gasteiger partial charge in [0.25, 0.3) is 5.91 Å². The second-order valence-electron chi connectivity index (χ2n) is 4.79. The van der Waals surface area contributed by atoms with E-state index in [4.69, 9.17) is 9.84 Å². The Labute approximate surface area is 118 Å². The van der Waals surface area contributed by atoms with Crippen molar-refractivity contribution >= 4 is 11.9 Å². The molecular weight excluding hydrogens is 264 g/mol. The Bertz CT molecular complexity index is 359. The Kier molecular flexibility index (Phi) is 7.03. The molecule has 0 bridgehead atoms. The molecule has 0 aliphatic heterocycles. The summed E-state index contributed by atoms with van der Waals surface area (Å²) < 4.78 is 4.85. The lowest BCUT2D eigenvalue weighted by Gasteiger charge is -2.18. The van der Waals surface area contributed by atoms with Crippen molar-refractivity contribution in [2.75, 3.05) is 19.8 Å². The number of urea groups is 1. The van der Waals surface area contributed by atoms with Gasteiger partial charge in [0.2, 0.25) is 0 Å². The Morgan fingerprint density at radius 2 is 2.05 bits per heavy atom. The lowest BCUT2D eigenvalue weighted by atomic mass is 10.0. The van der Waals surface area contributed by atoms with Crippen LogP contribution in [-0.4, -0.2) is 48.0 Å². The predicted molar refractivity (Wildman–Crippen MR) is 71.6 cm³/mol. The SMILES string of the molecule is CCO/C=C/C(=O)NC(=O)N[C@H]1C[C@@H](CO)C[C@@H]1CO. The van der Waals surface area contributed by atoms with Crippen LogP contribution in [0, 0.1) is 11.8 Å². The fourth-order valence-corrected chi connectivity index (χ4v) is 2.33. The Morgan fingerprint density at radius 1 is 1.30 bits per heavy atom. The molecule has 0 unspecified atom stereocenters. The topological polar surface area (TPSA) is 108 Å². The molecule has 3 atom stereocenters. The summed E-state index contributed by atoms with van der Waals surface area (Å²) in [7, 11) is 0. The zero-order valence-electron chi connectivity index (χ0n) is 11.5. The second-order valence-corrected chi connectivity index (χ2v) is 4.79. The van der Waals surface area contributed by atoms with Gasteiger partial charge in [0.05, 0.1) is 12.9 Å². The highest BCUT2D eigenvalue weighted by atomic mass is 16.5. The van der Waals surface area contributed by atoms with Crippen LogP contribution in [-0.2, 0) is 9.53 Å². The van der Waals surface area contributed by atoms with Crippen molar-refractivity contribution in [3.8, 4) is 0 Å². The van der Waals surface area contributed by atoms with Crippen LogP contribution in [0.2, 0.25) is 0 Å². The van der Waals surface area contributed by atoms with Crippen LogP contribution in [0.25, 0.3) is 0 Å². The van der Waals surface area contributed by atoms with Crippen LogP contribution in [0.4, 0.5) is 4.79 Å². The summed E-state index contributed by atoms with van der Waals surface area (Å²) in [5.74, 6) is -0.592. The minimum atomic E-state index is -0.613. The molecule has 7 heteroatoms. The third kappa shape index (κ3) is 5.18. The number of nitrogens with one attached hydrogen (secondary N) is 2. The van der Waals surface area contributed by atoms with Crippen molar-refractivity contribution in [2.24, 2.45) is 11.8 Å². The van der Waals surface area contributed by atoms with Gasteiger partial charge in [0, 0.05) is 31.2 Å². The van der Waals surface area contributed by atoms with Gasteiger partial charge in [-0.1, -0.05) is 0 Å². The molecule has 7 nitrogen and oxygen atoms in total. The van der Waals surface area contributed by atoms with E-state index in [9.17, 15) is 14.7 Å². The van der Waals surface area contributed by atoms with Crippen molar-refractivity contribution in [2.45, 2.75) is 25.8 Å². The Morgan fingerprint density at radius 3 is 2.65 bits per heavy atom. The van der Waals surface area contributed by atoms with Gasteiger partial charge in [-0.2, -0.15) is 0 Å². The van der Waals surface area contributed by atoms with Gasteiger partial charge in [-0.25, -0.2) is 4.79 Å². The number of carbonyl (C=O) groups excluding carboxylic acids is 2. The summed E-state index contributed by atoms with van der Waals surface area (Å²) in [6.45, 7) is 2.20. The highest BCUT2D eigenvalue weighted by molar-refractivity contribution is 6.00. The summed E-state index contributed by atoms with van der Waals surface area (Å²) in [4.78, 5) is 23.0. The van der Waals surface area contributed by atoms with Crippen molar-refractivity contribution in [3.63, 3.8) is 0 Å². The van der Waals surface area contributed by atoms with Crippen LogP contribution in [0.3, 0.4) is 0 Å². The number of carbonyl (C=O) groups is 2. The minimum absolute atomic E-state index is 0.0341. The van der Waals surface area contributed by atoms with E-state index in [0.717, 1.165) is 6.08 Å². The molecule has 20 heavy (non-hydrogen) atoms. The molecule has 0 aromatic carbocycles. The maximum absolute atomic E-state index is 11.6. The van der Waals surface area contributed by atoms with Crippen LogP contribution in [0.1, 0.15) is 19.8 Å². The van der Waals surface area contributed by atoms with Crippen LogP contribution >= 0.6 is 0 Å². The number of ether oxygens (including phenoxy) is 1. The molecule has 1 fully saturated rings. The normalized spacial score (nSPS) is 25.6. The number of hydrogen-bond acceptors (Lipinski definition) is 5. The summed E-state index contributed by atoms with van der Waals surface area (Å²) >= 11 is 0. The predicted octanol–water partition coefficient (Wildman–Crippen LogP) is -0.258. The van der Waals surface area contributed by atoms with Gasteiger partial charge in [0.15, 0.2) is 0 Å². The van der Waals surface area contributed by atoms with E-state index in [-0.39, 0.29) is 31.1 Å². The molecule has 4 N–H and O–H groups in total. The smallest absolute Gasteiger partial charge is 0.321 e. The third-order valence-corrected chi connectivity index (χ3v) is 3.32. The first-order chi connectivity index (χ1) is 9.60. The summed E-state index contributed by atoms with van der Waals surface area (Å²) in [5, 5.41) is 23.1. The molecule has 1 saturated carbocycles. The first-order valence-corrected chi connectivity index (χ1v) is 6.72. The van der Waals surface area contributed by atoms with Crippen molar-refractivity contribution in [3.05, 3.63) is 12.3 Å². The average molecular weight is 286 g/mol. The molecule has 0 spiro atoms. The van der Waals surface area contributed by atoms with Crippen LogP contribution in [0.15, 0.2) is 12.3 Å². The van der Waals surface area contributed by atoms with E-state index in [1.54, 1.807) is 6.92 Å². The van der Waals surface area contributed by atoms with Gasteiger partial charge in [-0.05, 0) is 25.7 Å². The first kappa shape index (κ1) is 16.5. The van der Waals surface area contributed by atoms with E-state index in [1.165, 1.54) is 6.26 Å². The maximum atomic E-state index is 11.6. The quantitative estimate of drug-likeness (QED) is 0.397. The zero-order chi connectivity index (χ0) is 15.0. The van der Waals surface area contributed by atoms with E-state index in [0.29, 0.717) is 19.4 Å². The fourth-order valence-electron chi connectivity index (χ4n) is 2.33. The number of aliphatic hydroxyl groups excluding tert-OH is 2. The van der Waals surface area contributed by atoms with E-state index in [2.05, 4.69) is 10.6 Å². The summed E-state index contributed by atoms with van der Waals surface area (Å²) in [6.07, 6.45) is 3.60. The standard InChI is InChI=1S/C13H22N2O5/c1-2-20-4-3-12(18)15-13(19)14-11-6-9(7-16)5-10(11)8-17/h3-4,9-11,16-17H,2,5-8H2,1H3,(H2,14,15,18,19)/b4-3+/t9-,10+,11-/m0/s1. The highest BCUT2D eigenvalue weighted by Crippen LogP contribution is 2.30. The van der Waals surface area contributed by atoms with Gasteiger partial charge in [-0.15, -0.1) is 0 Å². The monoisotopic (exact) mass is 286 g/mol. The lowest BCUT2D eigenvalue weighted by Crippen LogP contribution is -2.46. The molecule has 0 aromatic heterocycles. The third-order valence-electron chi connectivity index (χ3n) is 3.32. The zero-order valence-corrected chi connectivity index (χ0v) is 11.5. The fraction of sp³-hybridized carbons (Fsp3) is 0.692. The van der Waals surface area contributed by atoms with Crippen molar-refractivity contribution in [1.29, 1.82) is 0 Å². The van der Waals surface area contributed by atoms with Crippen molar-refractivity contribution in [1.82, 2.24) is 10.6 Å². The van der Waals surface area contributed by atoms with Crippen molar-refractivity contribution < 1.29 is 24.5 Å². The largest absolute Gasteiger partial charge is 0.501 e. The van der Waals surface area contributed by atoms with Gasteiger partial charge in [-0.3, -0.25) is 10.1 Å². The molecule has 114 valence electrons. The van der Waals surface area contributed by atoms with E-state index in [1.807, 2.05) is 0 Å². The van der Waals surface area contributed by atoms with Gasteiger partial charge < -0.3 is 20.3 Å². The summed E-state index contributed by atoms with van der Waals surface area (Å²) in [5.41, 5.74) is 0. The molecule has 1 aliphatic carbocycles.